The molecule has 0 nitrogen and oxygen atoms in total. The predicted octanol–water partition coefficient (Wildman–Crippen LogP) is 3.35. The fraction of sp³-hybridized carbons (Fsp3) is 0. The minimum absolute atomic E-state index is 0.00667. The molecular weight excluding hydrogens is 144 g/mol. The van der Waals surface area contributed by atoms with Gasteiger partial charge in [-0.2, -0.15) is 0 Å². The average Bonchev–Trinajstić information content (AvgIpc) is 2.28. The SMILES string of the molecule is [2H]c1cc([2H])c([2H])c(-c2ccccc2)c1[2H]. The molecule has 0 heteroatoms. The summed E-state index contributed by atoms with van der Waals surface area (Å²) in [6, 6.07) is 10.3. The first-order valence-electron chi connectivity index (χ1n) is 5.74. The quantitative estimate of drug-likeness (QED) is 0.597. The summed E-state index contributed by atoms with van der Waals surface area (Å²) in [4.78, 5) is 0. The van der Waals surface area contributed by atoms with Gasteiger partial charge in [0.2, 0.25) is 0 Å². The van der Waals surface area contributed by atoms with Crippen molar-refractivity contribution in [1.82, 2.24) is 0 Å². The Labute approximate surface area is 78.1 Å². The maximum atomic E-state index is 7.78. The molecule has 0 saturated heterocycles. The topological polar surface area (TPSA) is 0 Å². The fourth-order valence-electron chi connectivity index (χ4n) is 1.03. The molecule has 0 fully saturated rings. The van der Waals surface area contributed by atoms with Crippen molar-refractivity contribution in [2.45, 2.75) is 0 Å². The fourth-order valence-corrected chi connectivity index (χ4v) is 1.03. The lowest BCUT2D eigenvalue weighted by atomic mass is 10.1. The molecule has 0 atom stereocenters. The maximum absolute atomic E-state index is 7.78. The van der Waals surface area contributed by atoms with Crippen LogP contribution in [0.3, 0.4) is 0 Å². The van der Waals surface area contributed by atoms with Gasteiger partial charge < -0.3 is 0 Å². The van der Waals surface area contributed by atoms with E-state index < -0.39 is 0 Å². The third kappa shape index (κ3) is 1.37. The van der Waals surface area contributed by atoms with Crippen LogP contribution in [-0.2, 0) is 0 Å². The van der Waals surface area contributed by atoms with Gasteiger partial charge >= 0.3 is 0 Å². The molecule has 0 heterocycles. The summed E-state index contributed by atoms with van der Waals surface area (Å²) >= 11 is 0. The second-order valence-electron chi connectivity index (χ2n) is 2.42. The van der Waals surface area contributed by atoms with Gasteiger partial charge in [-0.3, -0.25) is 0 Å². The van der Waals surface area contributed by atoms with Gasteiger partial charge in [-0.25, -0.2) is 0 Å². The molecule has 0 aromatic heterocycles. The third-order valence-electron chi connectivity index (χ3n) is 1.60. The number of hydrogen-bond acceptors (Lipinski definition) is 0. The van der Waals surface area contributed by atoms with Crippen LogP contribution >= 0.6 is 0 Å². The number of hydrogen-bond donors (Lipinski definition) is 0. The molecule has 0 radical (unpaired) electrons. The van der Waals surface area contributed by atoms with E-state index >= 15 is 0 Å². The van der Waals surface area contributed by atoms with E-state index in [-0.39, 0.29) is 24.2 Å². The summed E-state index contributed by atoms with van der Waals surface area (Å²) in [7, 11) is 0. The number of rotatable bonds is 1. The largest absolute Gasteiger partial charge is 0.0629 e. The molecular formula is C12H10. The molecule has 0 bridgehead atoms. The van der Waals surface area contributed by atoms with E-state index in [9.17, 15) is 0 Å². The van der Waals surface area contributed by atoms with Crippen molar-refractivity contribution in [2.75, 3.05) is 0 Å². The van der Waals surface area contributed by atoms with E-state index in [1.165, 1.54) is 6.07 Å². The highest BCUT2D eigenvalue weighted by Gasteiger charge is 1.91. The molecule has 0 aliphatic rings. The first-order chi connectivity index (χ1) is 7.61. The highest BCUT2D eigenvalue weighted by Crippen LogP contribution is 2.17. The average molecular weight is 158 g/mol. The first-order valence-corrected chi connectivity index (χ1v) is 3.74. The zero-order valence-corrected chi connectivity index (χ0v) is 6.46. The Balaban J connectivity index is 2.74. The van der Waals surface area contributed by atoms with Crippen molar-refractivity contribution in [2.24, 2.45) is 0 Å². The zero-order valence-electron chi connectivity index (χ0n) is 10.5. The summed E-state index contributed by atoms with van der Waals surface area (Å²) in [5.41, 5.74) is 1.07. The van der Waals surface area contributed by atoms with Crippen LogP contribution in [0.15, 0.2) is 60.6 Å². The molecule has 2 aromatic carbocycles. The van der Waals surface area contributed by atoms with Crippen LogP contribution in [0, 0.1) is 0 Å². The molecule has 0 unspecified atom stereocenters. The zero-order chi connectivity index (χ0) is 11.7. The minimum atomic E-state index is -0.0140. The predicted molar refractivity (Wildman–Crippen MR) is 51.9 cm³/mol. The Morgan fingerprint density at radius 1 is 0.750 bits per heavy atom. The Hall–Kier alpha value is -1.56. The summed E-state index contributed by atoms with van der Waals surface area (Å²) < 4.78 is 30.7. The van der Waals surface area contributed by atoms with Crippen LogP contribution in [0.2, 0.25) is 0 Å². The van der Waals surface area contributed by atoms with E-state index in [2.05, 4.69) is 0 Å². The Morgan fingerprint density at radius 2 is 1.42 bits per heavy atom. The highest BCUT2D eigenvalue weighted by molar-refractivity contribution is 5.62. The third-order valence-corrected chi connectivity index (χ3v) is 1.60. The Morgan fingerprint density at radius 3 is 2.08 bits per heavy atom. The number of benzene rings is 2. The van der Waals surface area contributed by atoms with Crippen LogP contribution in [-0.4, -0.2) is 0 Å². The van der Waals surface area contributed by atoms with Crippen LogP contribution in [0.1, 0.15) is 5.48 Å². The van der Waals surface area contributed by atoms with Crippen LogP contribution in [0.25, 0.3) is 11.1 Å². The molecule has 2 aromatic rings. The smallest absolute Gasteiger partial charge is 0.0622 e. The Bertz CT molecular complexity index is 494. The highest BCUT2D eigenvalue weighted by atomic mass is 14.0. The van der Waals surface area contributed by atoms with Crippen molar-refractivity contribution < 1.29 is 5.48 Å². The van der Waals surface area contributed by atoms with Crippen molar-refractivity contribution in [3.05, 3.63) is 60.6 Å². The van der Waals surface area contributed by atoms with Crippen molar-refractivity contribution >= 4 is 0 Å². The van der Waals surface area contributed by atoms with E-state index in [0.29, 0.717) is 11.1 Å². The summed E-state index contributed by atoms with van der Waals surface area (Å²) in [6.45, 7) is 0. The van der Waals surface area contributed by atoms with Gasteiger partial charge in [-0.1, -0.05) is 60.6 Å². The van der Waals surface area contributed by atoms with Gasteiger partial charge in [0.15, 0.2) is 0 Å². The lowest BCUT2D eigenvalue weighted by Gasteiger charge is -1.98. The maximum Gasteiger partial charge on any atom is 0.0629 e. The van der Waals surface area contributed by atoms with Gasteiger partial charge in [-0.05, 0) is 11.1 Å². The van der Waals surface area contributed by atoms with E-state index in [0.717, 1.165) is 0 Å². The molecule has 0 aliphatic heterocycles. The molecule has 0 aliphatic carbocycles. The second-order valence-corrected chi connectivity index (χ2v) is 2.42. The normalized spacial score (nSPS) is 14.3. The van der Waals surface area contributed by atoms with Crippen LogP contribution in [0.5, 0.6) is 0 Å². The van der Waals surface area contributed by atoms with E-state index in [1.54, 1.807) is 12.1 Å². The van der Waals surface area contributed by atoms with Crippen molar-refractivity contribution in [3.8, 4) is 11.1 Å². The van der Waals surface area contributed by atoms with Crippen molar-refractivity contribution in [1.29, 1.82) is 0 Å². The monoisotopic (exact) mass is 158 g/mol. The summed E-state index contributed by atoms with van der Waals surface area (Å²) in [5.74, 6) is 0. The summed E-state index contributed by atoms with van der Waals surface area (Å²) in [6.07, 6.45) is 0. The van der Waals surface area contributed by atoms with Crippen molar-refractivity contribution in [3.63, 3.8) is 0 Å². The standard InChI is InChI=1S/C12H10/c1-3-7-11(8-4-1)12-9-5-2-6-10-12/h1-10H/i3D,4D,7D,8D. The molecule has 0 saturated carbocycles. The van der Waals surface area contributed by atoms with E-state index in [4.69, 9.17) is 5.48 Å². The van der Waals surface area contributed by atoms with E-state index in [1.807, 2.05) is 18.2 Å². The Kier molecular flexibility index (Phi) is 1.05. The molecule has 12 heavy (non-hydrogen) atoms. The lowest BCUT2D eigenvalue weighted by Crippen LogP contribution is -1.73. The molecule has 2 rings (SSSR count). The minimum Gasteiger partial charge on any atom is -0.0622 e. The van der Waals surface area contributed by atoms with Gasteiger partial charge in [0.25, 0.3) is 0 Å². The van der Waals surface area contributed by atoms with Gasteiger partial charge in [-0.15, -0.1) is 0 Å². The first kappa shape index (κ1) is 3.90. The van der Waals surface area contributed by atoms with Gasteiger partial charge in [0.1, 0.15) is 0 Å². The molecule has 58 valence electrons. The molecule has 0 N–H and O–H groups in total. The van der Waals surface area contributed by atoms with Gasteiger partial charge in [0.05, 0.1) is 5.48 Å². The van der Waals surface area contributed by atoms with Gasteiger partial charge in [0, 0.05) is 0 Å². The van der Waals surface area contributed by atoms with Crippen LogP contribution in [0.4, 0.5) is 0 Å². The van der Waals surface area contributed by atoms with Crippen LogP contribution < -0.4 is 0 Å². The summed E-state index contributed by atoms with van der Waals surface area (Å²) in [5, 5.41) is 0. The lowest BCUT2D eigenvalue weighted by molar-refractivity contribution is 1.62. The molecule has 0 spiro atoms. The molecule has 0 amide bonds. The second kappa shape index (κ2) is 3.22.